The second-order valence-corrected chi connectivity index (χ2v) is 20.5. The zero-order chi connectivity index (χ0) is 23.1. The third-order valence-electron chi connectivity index (χ3n) is 12.7. The van der Waals surface area contributed by atoms with Crippen molar-refractivity contribution in [2.75, 3.05) is 0 Å². The van der Waals surface area contributed by atoms with Crippen LogP contribution in [0.3, 0.4) is 0 Å². The summed E-state index contributed by atoms with van der Waals surface area (Å²) in [7, 11) is -1.47. The summed E-state index contributed by atoms with van der Waals surface area (Å²) in [5.41, 5.74) is 3.02. The van der Waals surface area contributed by atoms with Gasteiger partial charge in [-0.15, -0.1) is 0 Å². The minimum Gasteiger partial charge on any atom is -0.0689 e. The molecule has 0 radical (unpaired) electrons. The van der Waals surface area contributed by atoms with Gasteiger partial charge in [-0.2, -0.15) is 0 Å². The summed E-state index contributed by atoms with van der Waals surface area (Å²) >= 11 is 0. The van der Waals surface area contributed by atoms with Crippen LogP contribution in [0.25, 0.3) is 0 Å². The molecule has 4 rings (SSSR count). The van der Waals surface area contributed by atoms with Gasteiger partial charge in [0.05, 0.1) is 8.07 Å². The van der Waals surface area contributed by atoms with Crippen molar-refractivity contribution >= 4 is 8.07 Å². The third-order valence-corrected chi connectivity index (χ3v) is 18.1. The van der Waals surface area contributed by atoms with Gasteiger partial charge in [0.25, 0.3) is 0 Å². The van der Waals surface area contributed by atoms with Crippen molar-refractivity contribution in [1.82, 2.24) is 0 Å². The molecule has 0 amide bonds. The monoisotopic (exact) mass is 444 g/mol. The molecule has 12 unspecified atom stereocenters. The third kappa shape index (κ3) is 3.74. The zero-order valence-corrected chi connectivity index (χ0v) is 24.1. The summed E-state index contributed by atoms with van der Waals surface area (Å²) in [6.07, 6.45) is 9.17. The molecule has 4 fully saturated rings. The van der Waals surface area contributed by atoms with Crippen molar-refractivity contribution in [3.8, 4) is 0 Å². The molecule has 1 heteroatoms. The molecule has 0 aromatic rings. The van der Waals surface area contributed by atoms with Crippen LogP contribution in [-0.2, 0) is 0 Å². The van der Waals surface area contributed by atoms with Gasteiger partial charge in [-0.1, -0.05) is 75.4 Å². The molecule has 4 saturated carbocycles. The average molecular weight is 445 g/mol. The smallest absolute Gasteiger partial charge is 0.0549 e. The molecule has 0 nitrogen and oxygen atoms in total. The first-order chi connectivity index (χ1) is 14.2. The quantitative estimate of drug-likeness (QED) is 0.372. The SMILES string of the molecule is CC1CC2CC(C)C([Si](C)(C)C3C4CC(C)C(C)CC4CC3(C)C(C)(C)C)C2CC1C. The summed E-state index contributed by atoms with van der Waals surface area (Å²) in [6, 6.07) is 0. The molecule has 4 aliphatic rings. The summed E-state index contributed by atoms with van der Waals surface area (Å²) in [5, 5.41) is 0. The van der Waals surface area contributed by atoms with E-state index in [1.807, 2.05) is 0 Å². The van der Waals surface area contributed by atoms with Crippen molar-refractivity contribution in [1.29, 1.82) is 0 Å². The van der Waals surface area contributed by atoms with E-state index in [0.717, 1.165) is 64.3 Å². The Balaban J connectivity index is 1.73. The lowest BCUT2D eigenvalue weighted by molar-refractivity contribution is 0.102. The van der Waals surface area contributed by atoms with Crippen LogP contribution in [0.4, 0.5) is 0 Å². The maximum atomic E-state index is 2.90. The second-order valence-electron chi connectivity index (χ2n) is 15.6. The lowest BCUT2D eigenvalue weighted by Crippen LogP contribution is -2.52. The van der Waals surface area contributed by atoms with Crippen LogP contribution < -0.4 is 0 Å². The molecule has 0 aromatic heterocycles. The maximum absolute atomic E-state index is 2.90. The van der Waals surface area contributed by atoms with Gasteiger partial charge >= 0.3 is 0 Å². The second kappa shape index (κ2) is 7.88. The highest BCUT2D eigenvalue weighted by molar-refractivity contribution is 6.80. The fourth-order valence-electron chi connectivity index (χ4n) is 10.7. The Morgan fingerprint density at radius 3 is 1.65 bits per heavy atom. The topological polar surface area (TPSA) is 0 Å². The first-order valence-corrected chi connectivity index (χ1v) is 17.3. The van der Waals surface area contributed by atoms with Crippen molar-refractivity contribution in [3.63, 3.8) is 0 Å². The Kier molecular flexibility index (Phi) is 6.19. The summed E-state index contributed by atoms with van der Waals surface area (Å²) < 4.78 is 0. The Bertz CT molecular complexity index is 658. The van der Waals surface area contributed by atoms with Gasteiger partial charge in [0.1, 0.15) is 0 Å². The predicted molar refractivity (Wildman–Crippen MR) is 140 cm³/mol. The van der Waals surface area contributed by atoms with E-state index in [0.29, 0.717) is 10.8 Å². The average Bonchev–Trinajstić information content (AvgIpc) is 3.09. The zero-order valence-electron chi connectivity index (χ0n) is 23.1. The molecule has 0 aliphatic heterocycles. The van der Waals surface area contributed by atoms with Crippen molar-refractivity contribution in [2.45, 2.75) is 125 Å². The highest BCUT2D eigenvalue weighted by Crippen LogP contribution is 2.72. The lowest BCUT2D eigenvalue weighted by atomic mass is 9.65. The highest BCUT2D eigenvalue weighted by atomic mass is 28.3. The van der Waals surface area contributed by atoms with Crippen molar-refractivity contribution < 1.29 is 0 Å². The number of fused-ring (bicyclic) bond motifs is 2. The Labute approximate surface area is 197 Å². The van der Waals surface area contributed by atoms with Gasteiger partial charge in [-0.25, -0.2) is 0 Å². The summed E-state index contributed by atoms with van der Waals surface area (Å²) in [4.78, 5) is 0. The molecule has 0 heterocycles. The van der Waals surface area contributed by atoms with Gasteiger partial charge < -0.3 is 0 Å². The van der Waals surface area contributed by atoms with Crippen LogP contribution in [0.5, 0.6) is 0 Å². The van der Waals surface area contributed by atoms with Gasteiger partial charge in [-0.3, -0.25) is 0 Å². The lowest BCUT2D eigenvalue weighted by Gasteiger charge is -2.55. The van der Waals surface area contributed by atoms with Crippen LogP contribution >= 0.6 is 0 Å². The molecule has 31 heavy (non-hydrogen) atoms. The van der Waals surface area contributed by atoms with Crippen LogP contribution in [0.1, 0.15) is 101 Å². The molecule has 4 aliphatic carbocycles. The molecular formula is C30H56Si. The standard InChI is InChI=1S/C30H56Si/c1-18-12-23-14-22(5)27(25(23)15-20(18)3)31(10,11)28-26-16-21(4)19(2)13-24(26)17-30(28,9)29(6,7)8/h18-28H,12-17H2,1-11H3. The number of hydrogen-bond acceptors (Lipinski definition) is 0. The fraction of sp³-hybridized carbons (Fsp3) is 1.00. The predicted octanol–water partition coefficient (Wildman–Crippen LogP) is 9.53. The summed E-state index contributed by atoms with van der Waals surface area (Å²) in [5.74, 6) is 8.84. The minimum absolute atomic E-state index is 0.418. The van der Waals surface area contributed by atoms with Crippen LogP contribution in [0, 0.1) is 64.1 Å². The molecule has 0 N–H and O–H groups in total. The molecule has 0 bridgehead atoms. The minimum atomic E-state index is -1.47. The van der Waals surface area contributed by atoms with Crippen molar-refractivity contribution in [2.24, 2.45) is 64.1 Å². The maximum Gasteiger partial charge on any atom is 0.0549 e. The van der Waals surface area contributed by atoms with E-state index < -0.39 is 8.07 Å². The largest absolute Gasteiger partial charge is 0.0689 e. The van der Waals surface area contributed by atoms with Crippen LogP contribution in [0.2, 0.25) is 24.2 Å². The van der Waals surface area contributed by atoms with E-state index >= 15 is 0 Å². The van der Waals surface area contributed by atoms with E-state index in [-0.39, 0.29) is 0 Å². The molecule has 0 spiro atoms. The van der Waals surface area contributed by atoms with Gasteiger partial charge in [0.15, 0.2) is 0 Å². The van der Waals surface area contributed by atoms with Gasteiger partial charge in [0.2, 0.25) is 0 Å². The van der Waals surface area contributed by atoms with E-state index in [1.165, 1.54) is 32.1 Å². The normalized spacial score (nSPS) is 53.3. The van der Waals surface area contributed by atoms with E-state index in [4.69, 9.17) is 0 Å². The van der Waals surface area contributed by atoms with Crippen molar-refractivity contribution in [3.05, 3.63) is 0 Å². The molecule has 12 atom stereocenters. The number of rotatable bonds is 2. The Hall–Kier alpha value is 0.217. The summed E-state index contributed by atoms with van der Waals surface area (Å²) in [6.45, 7) is 29.3. The fourth-order valence-corrected chi connectivity index (χ4v) is 17.9. The molecular weight excluding hydrogens is 388 g/mol. The van der Waals surface area contributed by atoms with E-state index in [1.54, 1.807) is 6.42 Å². The van der Waals surface area contributed by atoms with Gasteiger partial charge in [0, 0.05) is 0 Å². The Morgan fingerprint density at radius 2 is 1.10 bits per heavy atom. The molecule has 0 saturated heterocycles. The first-order valence-electron chi connectivity index (χ1n) is 14.2. The van der Waals surface area contributed by atoms with Crippen LogP contribution in [-0.4, -0.2) is 8.07 Å². The first kappa shape index (κ1) is 24.3. The van der Waals surface area contributed by atoms with Crippen LogP contribution in [0.15, 0.2) is 0 Å². The molecule has 180 valence electrons. The number of hydrogen-bond donors (Lipinski definition) is 0. The van der Waals surface area contributed by atoms with E-state index in [2.05, 4.69) is 75.4 Å². The highest BCUT2D eigenvalue weighted by Gasteiger charge is 2.65. The Morgan fingerprint density at radius 1 is 0.645 bits per heavy atom. The van der Waals surface area contributed by atoms with E-state index in [9.17, 15) is 0 Å². The van der Waals surface area contributed by atoms with Gasteiger partial charge in [-0.05, 0) is 114 Å². The molecule has 0 aromatic carbocycles.